The van der Waals surface area contributed by atoms with Crippen molar-refractivity contribution in [2.45, 2.75) is 19.3 Å². The fourth-order valence-corrected chi connectivity index (χ4v) is 4.11. The molecule has 1 aliphatic heterocycles. The number of benzene rings is 2. The zero-order valence-corrected chi connectivity index (χ0v) is 16.5. The van der Waals surface area contributed by atoms with Crippen LogP contribution in [0.15, 0.2) is 48.7 Å². The van der Waals surface area contributed by atoms with E-state index in [1.165, 1.54) is 17.3 Å². The minimum atomic E-state index is -0.165. The van der Waals surface area contributed by atoms with Crippen LogP contribution in [0.3, 0.4) is 0 Å². The predicted octanol–water partition coefficient (Wildman–Crippen LogP) is 4.46. The molecule has 0 atom stereocenters. The van der Waals surface area contributed by atoms with Crippen LogP contribution in [0.2, 0.25) is 0 Å². The molecule has 3 aromatic rings. The minimum absolute atomic E-state index is 0.165. The molecule has 2 aromatic carbocycles. The number of ether oxygens (including phenoxy) is 1. The number of methoxy groups -OCH3 is 1. The first-order chi connectivity index (χ1) is 13.7. The highest BCUT2D eigenvalue weighted by molar-refractivity contribution is 5.83. The Morgan fingerprint density at radius 3 is 2.68 bits per heavy atom. The minimum Gasteiger partial charge on any atom is -0.495 e. The van der Waals surface area contributed by atoms with Gasteiger partial charge in [-0.2, -0.15) is 0 Å². The molecule has 1 aromatic heterocycles. The number of nitrogens with zero attached hydrogens (tertiary/aromatic N) is 2. The monoisotopic (exact) mass is 381 g/mol. The molecule has 1 saturated heterocycles. The van der Waals surface area contributed by atoms with Crippen LogP contribution in [0.1, 0.15) is 18.4 Å². The maximum atomic E-state index is 13.5. The second-order valence-electron chi connectivity index (χ2n) is 7.46. The lowest BCUT2D eigenvalue weighted by molar-refractivity contribution is 0.252. The Bertz CT molecular complexity index is 915. The van der Waals surface area contributed by atoms with Gasteiger partial charge in [0.1, 0.15) is 11.6 Å². The number of anilines is 1. The molecule has 4 rings (SSSR count). The van der Waals surface area contributed by atoms with Crippen LogP contribution in [0.4, 0.5) is 10.1 Å². The van der Waals surface area contributed by atoms with Crippen molar-refractivity contribution < 1.29 is 9.13 Å². The number of aromatic nitrogens is 1. The Hall–Kier alpha value is -2.53. The van der Waals surface area contributed by atoms with Gasteiger partial charge in [-0.1, -0.05) is 12.1 Å². The van der Waals surface area contributed by atoms with Crippen LogP contribution in [0.25, 0.3) is 10.9 Å². The van der Waals surface area contributed by atoms with Crippen LogP contribution in [-0.4, -0.2) is 49.7 Å². The van der Waals surface area contributed by atoms with Crippen molar-refractivity contribution in [2.24, 2.45) is 0 Å². The third-order valence-electron chi connectivity index (χ3n) is 5.70. The lowest BCUT2D eigenvalue weighted by atomic mass is 10.1. The van der Waals surface area contributed by atoms with Crippen LogP contribution in [0, 0.1) is 5.82 Å². The fraction of sp³-hybridized carbons (Fsp3) is 0.391. The normalized spacial score (nSPS) is 15.3. The molecule has 2 heterocycles. The lowest BCUT2D eigenvalue weighted by Crippen LogP contribution is -2.46. The maximum absolute atomic E-state index is 13.5. The Kier molecular flexibility index (Phi) is 5.81. The van der Waals surface area contributed by atoms with E-state index in [1.54, 1.807) is 13.2 Å². The number of aromatic amines is 1. The van der Waals surface area contributed by atoms with Gasteiger partial charge in [-0.25, -0.2) is 4.39 Å². The molecule has 0 unspecified atom stereocenters. The number of halogens is 1. The summed E-state index contributed by atoms with van der Waals surface area (Å²) in [5.74, 6) is 0.785. The van der Waals surface area contributed by atoms with E-state index in [0.717, 1.165) is 68.6 Å². The number of hydrogen-bond donors (Lipinski definition) is 1. The molecule has 0 spiro atoms. The van der Waals surface area contributed by atoms with E-state index >= 15 is 0 Å². The Morgan fingerprint density at radius 1 is 1.04 bits per heavy atom. The highest BCUT2D eigenvalue weighted by atomic mass is 19.1. The van der Waals surface area contributed by atoms with Crippen molar-refractivity contribution in [2.75, 3.05) is 44.7 Å². The smallest absolute Gasteiger partial charge is 0.142 e. The van der Waals surface area contributed by atoms with Gasteiger partial charge in [-0.3, -0.25) is 4.90 Å². The first kappa shape index (κ1) is 18.8. The topological polar surface area (TPSA) is 31.5 Å². The molecule has 0 aliphatic carbocycles. The number of piperazine rings is 1. The van der Waals surface area contributed by atoms with Crippen molar-refractivity contribution in [1.29, 1.82) is 0 Å². The van der Waals surface area contributed by atoms with Crippen LogP contribution in [0.5, 0.6) is 5.75 Å². The highest BCUT2D eigenvalue weighted by Crippen LogP contribution is 2.28. The fourth-order valence-electron chi connectivity index (χ4n) is 4.11. The number of rotatable bonds is 7. The zero-order chi connectivity index (χ0) is 19.3. The van der Waals surface area contributed by atoms with Gasteiger partial charge in [-0.05, 0) is 61.7 Å². The number of hydrogen-bond acceptors (Lipinski definition) is 3. The van der Waals surface area contributed by atoms with E-state index in [2.05, 4.69) is 26.9 Å². The summed E-state index contributed by atoms with van der Waals surface area (Å²) in [4.78, 5) is 8.20. The molecule has 1 aliphatic rings. The SMILES string of the molecule is COc1ccccc1N1CCN(CCCCc2c[nH]c3ccc(F)cc23)CC1. The van der Waals surface area contributed by atoms with E-state index in [0.29, 0.717) is 0 Å². The molecule has 5 heteroatoms. The van der Waals surface area contributed by atoms with Crippen LogP contribution in [-0.2, 0) is 6.42 Å². The van der Waals surface area contributed by atoms with E-state index in [4.69, 9.17) is 4.74 Å². The Morgan fingerprint density at radius 2 is 1.86 bits per heavy atom. The van der Waals surface area contributed by atoms with Crippen molar-refractivity contribution in [3.8, 4) is 5.75 Å². The summed E-state index contributed by atoms with van der Waals surface area (Å²) in [6, 6.07) is 13.2. The first-order valence-corrected chi connectivity index (χ1v) is 10.1. The summed E-state index contributed by atoms with van der Waals surface area (Å²) in [5, 5.41) is 1.02. The average molecular weight is 381 g/mol. The third kappa shape index (κ3) is 4.14. The summed E-state index contributed by atoms with van der Waals surface area (Å²) in [5.41, 5.74) is 3.43. The van der Waals surface area contributed by atoms with Crippen molar-refractivity contribution in [1.82, 2.24) is 9.88 Å². The summed E-state index contributed by atoms with van der Waals surface area (Å²) in [6.45, 7) is 5.34. The van der Waals surface area contributed by atoms with Gasteiger partial charge in [0, 0.05) is 43.3 Å². The van der Waals surface area contributed by atoms with Gasteiger partial charge in [-0.15, -0.1) is 0 Å². The first-order valence-electron chi connectivity index (χ1n) is 10.1. The molecule has 28 heavy (non-hydrogen) atoms. The standard InChI is InChI=1S/C23H28FN3O/c1-28-23-8-3-2-7-22(23)27-14-12-26(13-15-27)11-5-4-6-18-17-25-21-10-9-19(24)16-20(18)21/h2-3,7-10,16-17,25H,4-6,11-15H2,1H3. The number of H-pyrrole nitrogens is 1. The van der Waals surface area contributed by atoms with Gasteiger partial charge in [0.15, 0.2) is 0 Å². The van der Waals surface area contributed by atoms with E-state index in [9.17, 15) is 4.39 Å². The van der Waals surface area contributed by atoms with E-state index < -0.39 is 0 Å². The largest absolute Gasteiger partial charge is 0.495 e. The number of nitrogens with one attached hydrogen (secondary N) is 1. The second kappa shape index (κ2) is 8.65. The van der Waals surface area contributed by atoms with Crippen molar-refractivity contribution >= 4 is 16.6 Å². The van der Waals surface area contributed by atoms with Crippen LogP contribution >= 0.6 is 0 Å². The maximum Gasteiger partial charge on any atom is 0.142 e. The number of aryl methyl sites for hydroxylation is 1. The molecular weight excluding hydrogens is 353 g/mol. The molecule has 1 N–H and O–H groups in total. The summed E-state index contributed by atoms with van der Waals surface area (Å²) in [6.07, 6.45) is 5.30. The van der Waals surface area contributed by atoms with Crippen molar-refractivity contribution in [3.63, 3.8) is 0 Å². The summed E-state index contributed by atoms with van der Waals surface area (Å²) < 4.78 is 19.0. The van der Waals surface area contributed by atoms with Crippen LogP contribution < -0.4 is 9.64 Å². The van der Waals surface area contributed by atoms with Gasteiger partial charge in [0.25, 0.3) is 0 Å². The molecular formula is C23H28FN3O. The highest BCUT2D eigenvalue weighted by Gasteiger charge is 2.19. The Balaban J connectivity index is 1.23. The van der Waals surface area contributed by atoms with E-state index in [-0.39, 0.29) is 5.82 Å². The molecule has 0 radical (unpaired) electrons. The number of unbranched alkanes of at least 4 members (excludes halogenated alkanes) is 1. The molecule has 0 bridgehead atoms. The Labute approximate surface area is 165 Å². The lowest BCUT2D eigenvalue weighted by Gasteiger charge is -2.36. The second-order valence-corrected chi connectivity index (χ2v) is 7.46. The summed E-state index contributed by atoms with van der Waals surface area (Å²) >= 11 is 0. The quantitative estimate of drug-likeness (QED) is 0.613. The zero-order valence-electron chi connectivity index (χ0n) is 16.5. The molecule has 0 saturated carbocycles. The van der Waals surface area contributed by atoms with Gasteiger partial charge < -0.3 is 14.6 Å². The van der Waals surface area contributed by atoms with Gasteiger partial charge in [0.05, 0.1) is 12.8 Å². The van der Waals surface area contributed by atoms with Gasteiger partial charge in [0.2, 0.25) is 0 Å². The molecule has 1 fully saturated rings. The molecule has 148 valence electrons. The van der Waals surface area contributed by atoms with Gasteiger partial charge >= 0.3 is 0 Å². The number of para-hydroxylation sites is 2. The molecule has 0 amide bonds. The number of fused-ring (bicyclic) bond motifs is 1. The molecule has 4 nitrogen and oxygen atoms in total. The summed E-state index contributed by atoms with van der Waals surface area (Å²) in [7, 11) is 1.73. The average Bonchev–Trinajstić information content (AvgIpc) is 3.13. The third-order valence-corrected chi connectivity index (χ3v) is 5.70. The van der Waals surface area contributed by atoms with Crippen molar-refractivity contribution in [3.05, 3.63) is 60.0 Å². The predicted molar refractivity (Wildman–Crippen MR) is 113 cm³/mol. The van der Waals surface area contributed by atoms with E-state index in [1.807, 2.05) is 24.4 Å².